The average molecular weight is 285 g/mol. The van der Waals surface area contributed by atoms with Crippen molar-refractivity contribution >= 4 is 5.95 Å². The Balaban J connectivity index is 1.58. The van der Waals surface area contributed by atoms with Crippen molar-refractivity contribution in [3.63, 3.8) is 0 Å². The predicted molar refractivity (Wildman–Crippen MR) is 84.8 cm³/mol. The van der Waals surface area contributed by atoms with E-state index < -0.39 is 0 Å². The second-order valence-electron chi connectivity index (χ2n) is 5.67. The summed E-state index contributed by atoms with van der Waals surface area (Å²) in [5, 5.41) is 3.58. The predicted octanol–water partition coefficient (Wildman–Crippen LogP) is 3.49. The highest BCUT2D eigenvalue weighted by molar-refractivity contribution is 5.29. The van der Waals surface area contributed by atoms with Crippen LogP contribution in [0.5, 0.6) is 5.75 Å². The number of nitrogens with zero attached hydrogens (tertiary/aromatic N) is 2. The molecule has 0 amide bonds. The van der Waals surface area contributed by atoms with Crippen molar-refractivity contribution in [2.24, 2.45) is 0 Å². The molecule has 3 rings (SSSR count). The van der Waals surface area contributed by atoms with Crippen molar-refractivity contribution < 1.29 is 4.74 Å². The first-order chi connectivity index (χ1) is 10.3. The van der Waals surface area contributed by atoms with Crippen molar-refractivity contribution in [3.8, 4) is 5.75 Å². The Morgan fingerprint density at radius 1 is 1.24 bits per heavy atom. The zero-order chi connectivity index (χ0) is 14.5. The molecule has 0 atom stereocenters. The molecule has 1 heterocycles. The Labute approximate surface area is 126 Å². The van der Waals surface area contributed by atoms with Gasteiger partial charge >= 0.3 is 0 Å². The van der Waals surface area contributed by atoms with Crippen LogP contribution in [0.25, 0.3) is 0 Å². The van der Waals surface area contributed by atoms with Crippen LogP contribution < -0.4 is 10.1 Å². The van der Waals surface area contributed by atoms with Crippen LogP contribution in [0.1, 0.15) is 31.2 Å². The van der Waals surface area contributed by atoms with Gasteiger partial charge in [-0.2, -0.15) is 0 Å². The highest BCUT2D eigenvalue weighted by Gasteiger charge is 2.16. The molecule has 1 N–H and O–H groups in total. The summed E-state index contributed by atoms with van der Waals surface area (Å²) < 4.78 is 7.40. The fourth-order valence-corrected chi connectivity index (χ4v) is 2.92. The summed E-state index contributed by atoms with van der Waals surface area (Å²) in [5.41, 5.74) is 1.32. The summed E-state index contributed by atoms with van der Waals surface area (Å²) >= 11 is 0. The number of rotatable bonds is 6. The second kappa shape index (κ2) is 6.66. The van der Waals surface area contributed by atoms with E-state index in [4.69, 9.17) is 4.74 Å². The topological polar surface area (TPSA) is 39.1 Å². The third-order valence-corrected chi connectivity index (χ3v) is 4.20. The minimum Gasteiger partial charge on any atom is -0.497 e. The molecular weight excluding hydrogens is 262 g/mol. The number of benzene rings is 1. The minimum atomic E-state index is 0.604. The molecule has 4 nitrogen and oxygen atoms in total. The van der Waals surface area contributed by atoms with E-state index in [2.05, 4.69) is 33.2 Å². The van der Waals surface area contributed by atoms with Crippen LogP contribution in [0.4, 0.5) is 5.95 Å². The van der Waals surface area contributed by atoms with Gasteiger partial charge in [0.05, 0.1) is 7.11 Å². The molecule has 0 unspecified atom stereocenters. The number of methoxy groups -OCH3 is 1. The number of anilines is 1. The summed E-state index contributed by atoms with van der Waals surface area (Å²) in [6.45, 7) is 0.946. The molecule has 0 saturated heterocycles. The van der Waals surface area contributed by atoms with E-state index in [0.717, 1.165) is 24.7 Å². The van der Waals surface area contributed by atoms with E-state index in [1.54, 1.807) is 7.11 Å². The molecular formula is C17H23N3O. The van der Waals surface area contributed by atoms with E-state index in [1.807, 2.05) is 18.3 Å². The third kappa shape index (κ3) is 3.57. The van der Waals surface area contributed by atoms with Gasteiger partial charge in [0.25, 0.3) is 0 Å². The standard InChI is InChI=1S/C17H23N3O/c1-21-16-8-6-14(7-9-16)10-12-20-13-11-18-17(20)19-15-4-2-3-5-15/h6-9,11,13,15H,2-5,10,12H2,1H3,(H,18,19). The lowest BCUT2D eigenvalue weighted by Gasteiger charge is -2.14. The maximum absolute atomic E-state index is 5.19. The number of hydrogen-bond acceptors (Lipinski definition) is 3. The summed E-state index contributed by atoms with van der Waals surface area (Å²) in [5.74, 6) is 1.92. The summed E-state index contributed by atoms with van der Waals surface area (Å²) in [6, 6.07) is 8.88. The van der Waals surface area contributed by atoms with E-state index >= 15 is 0 Å². The first kappa shape index (κ1) is 14.0. The molecule has 1 fully saturated rings. The lowest BCUT2D eigenvalue weighted by molar-refractivity contribution is 0.414. The Bertz CT molecular complexity index is 556. The second-order valence-corrected chi connectivity index (χ2v) is 5.67. The minimum absolute atomic E-state index is 0.604. The largest absolute Gasteiger partial charge is 0.497 e. The zero-order valence-electron chi connectivity index (χ0n) is 12.6. The zero-order valence-corrected chi connectivity index (χ0v) is 12.6. The quantitative estimate of drug-likeness (QED) is 0.883. The number of nitrogens with one attached hydrogen (secondary N) is 1. The Morgan fingerprint density at radius 2 is 2.00 bits per heavy atom. The van der Waals surface area contributed by atoms with Crippen LogP contribution >= 0.6 is 0 Å². The van der Waals surface area contributed by atoms with Gasteiger partial charge in [0, 0.05) is 25.0 Å². The van der Waals surface area contributed by atoms with Crippen molar-refractivity contribution in [3.05, 3.63) is 42.2 Å². The number of hydrogen-bond donors (Lipinski definition) is 1. The van der Waals surface area contributed by atoms with Gasteiger partial charge in [0.15, 0.2) is 0 Å². The molecule has 21 heavy (non-hydrogen) atoms. The molecule has 0 radical (unpaired) electrons. The van der Waals surface area contributed by atoms with E-state index in [1.165, 1.54) is 31.2 Å². The maximum Gasteiger partial charge on any atom is 0.202 e. The molecule has 0 aliphatic heterocycles. The fraction of sp³-hybridized carbons (Fsp3) is 0.471. The molecule has 1 aliphatic rings. The number of imidazole rings is 1. The van der Waals surface area contributed by atoms with E-state index in [-0.39, 0.29) is 0 Å². The summed E-state index contributed by atoms with van der Waals surface area (Å²) in [6.07, 6.45) is 10.1. The molecule has 2 aromatic rings. The molecule has 4 heteroatoms. The van der Waals surface area contributed by atoms with Gasteiger partial charge in [-0.3, -0.25) is 0 Å². The van der Waals surface area contributed by atoms with Gasteiger partial charge in [0.1, 0.15) is 5.75 Å². The van der Waals surface area contributed by atoms with Gasteiger partial charge in [-0.15, -0.1) is 0 Å². The Morgan fingerprint density at radius 3 is 2.71 bits per heavy atom. The van der Waals surface area contributed by atoms with E-state index in [0.29, 0.717) is 6.04 Å². The van der Waals surface area contributed by atoms with Crippen LogP contribution in [0.15, 0.2) is 36.7 Å². The van der Waals surface area contributed by atoms with Crippen LogP contribution in [0.2, 0.25) is 0 Å². The van der Waals surface area contributed by atoms with Gasteiger partial charge in [-0.05, 0) is 37.0 Å². The third-order valence-electron chi connectivity index (χ3n) is 4.20. The normalized spacial score (nSPS) is 15.3. The fourth-order valence-electron chi connectivity index (χ4n) is 2.92. The van der Waals surface area contributed by atoms with Crippen molar-refractivity contribution in [2.75, 3.05) is 12.4 Å². The molecule has 0 bridgehead atoms. The van der Waals surface area contributed by atoms with Gasteiger partial charge in [-0.1, -0.05) is 25.0 Å². The van der Waals surface area contributed by atoms with Crippen LogP contribution in [0, 0.1) is 0 Å². The number of aryl methyl sites for hydroxylation is 2. The molecule has 1 aliphatic carbocycles. The number of aromatic nitrogens is 2. The summed E-state index contributed by atoms with van der Waals surface area (Å²) in [7, 11) is 1.70. The lowest BCUT2D eigenvalue weighted by atomic mass is 10.1. The van der Waals surface area contributed by atoms with Crippen LogP contribution in [0.3, 0.4) is 0 Å². The molecule has 1 aromatic heterocycles. The molecule has 0 spiro atoms. The van der Waals surface area contributed by atoms with Gasteiger partial charge in [-0.25, -0.2) is 4.98 Å². The molecule has 112 valence electrons. The first-order valence-corrected chi connectivity index (χ1v) is 7.76. The monoisotopic (exact) mass is 285 g/mol. The first-order valence-electron chi connectivity index (χ1n) is 7.76. The van der Waals surface area contributed by atoms with Crippen LogP contribution in [-0.2, 0) is 13.0 Å². The maximum atomic E-state index is 5.19. The lowest BCUT2D eigenvalue weighted by Crippen LogP contribution is -2.18. The Hall–Kier alpha value is -1.97. The molecule has 1 saturated carbocycles. The van der Waals surface area contributed by atoms with Crippen molar-refractivity contribution in [2.45, 2.75) is 44.7 Å². The smallest absolute Gasteiger partial charge is 0.202 e. The van der Waals surface area contributed by atoms with Crippen LogP contribution in [-0.4, -0.2) is 22.7 Å². The van der Waals surface area contributed by atoms with Crippen molar-refractivity contribution in [1.82, 2.24) is 9.55 Å². The SMILES string of the molecule is COc1ccc(CCn2ccnc2NC2CCCC2)cc1. The number of ether oxygens (including phenoxy) is 1. The van der Waals surface area contributed by atoms with Gasteiger partial charge in [0.2, 0.25) is 5.95 Å². The molecule has 1 aromatic carbocycles. The average Bonchev–Trinajstić information content (AvgIpc) is 3.18. The van der Waals surface area contributed by atoms with Crippen molar-refractivity contribution in [1.29, 1.82) is 0 Å². The highest BCUT2D eigenvalue weighted by atomic mass is 16.5. The Kier molecular flexibility index (Phi) is 4.43. The highest BCUT2D eigenvalue weighted by Crippen LogP contribution is 2.21. The van der Waals surface area contributed by atoms with Gasteiger partial charge < -0.3 is 14.6 Å². The summed E-state index contributed by atoms with van der Waals surface area (Å²) in [4.78, 5) is 4.45. The van der Waals surface area contributed by atoms with E-state index in [9.17, 15) is 0 Å².